The normalized spacial score (nSPS) is 19.8. The van der Waals surface area contributed by atoms with Gasteiger partial charge in [0.05, 0.1) is 13.2 Å². The standard InChI is InChI=1S/C11H13FN2O2/c1-14-6-9(13-11(14)15)7-3-4-10(16-2)8(12)5-7/h3-5,9H,6H2,1-2H3,(H,13,15). The summed E-state index contributed by atoms with van der Waals surface area (Å²) >= 11 is 0. The van der Waals surface area contributed by atoms with Crippen LogP contribution in [0.5, 0.6) is 5.75 Å². The number of ether oxygens (including phenoxy) is 1. The van der Waals surface area contributed by atoms with Gasteiger partial charge >= 0.3 is 6.03 Å². The summed E-state index contributed by atoms with van der Waals surface area (Å²) in [5, 5.41) is 2.76. The van der Waals surface area contributed by atoms with E-state index in [9.17, 15) is 9.18 Å². The van der Waals surface area contributed by atoms with E-state index in [1.807, 2.05) is 0 Å². The Balaban J connectivity index is 2.22. The Labute approximate surface area is 93.0 Å². The minimum atomic E-state index is -0.413. The minimum absolute atomic E-state index is 0.138. The molecule has 1 fully saturated rings. The molecule has 0 aromatic heterocycles. The van der Waals surface area contributed by atoms with Gasteiger partial charge < -0.3 is 15.0 Å². The fourth-order valence-electron chi connectivity index (χ4n) is 1.75. The van der Waals surface area contributed by atoms with Crippen molar-refractivity contribution in [2.75, 3.05) is 20.7 Å². The molecule has 86 valence electrons. The highest BCUT2D eigenvalue weighted by atomic mass is 19.1. The lowest BCUT2D eigenvalue weighted by molar-refractivity contribution is 0.226. The van der Waals surface area contributed by atoms with Crippen molar-refractivity contribution < 1.29 is 13.9 Å². The predicted octanol–water partition coefficient (Wildman–Crippen LogP) is 1.53. The van der Waals surface area contributed by atoms with Crippen molar-refractivity contribution >= 4 is 6.03 Å². The lowest BCUT2D eigenvalue weighted by Gasteiger charge is -2.11. The van der Waals surface area contributed by atoms with E-state index in [2.05, 4.69) is 5.32 Å². The van der Waals surface area contributed by atoms with Crippen LogP contribution in [0.4, 0.5) is 9.18 Å². The monoisotopic (exact) mass is 224 g/mol. The first-order chi connectivity index (χ1) is 7.61. The van der Waals surface area contributed by atoms with Crippen LogP contribution in [0.3, 0.4) is 0 Å². The Bertz CT molecular complexity index is 422. The van der Waals surface area contributed by atoms with Gasteiger partial charge in [0.15, 0.2) is 11.6 Å². The van der Waals surface area contributed by atoms with Gasteiger partial charge in [-0.25, -0.2) is 9.18 Å². The summed E-state index contributed by atoms with van der Waals surface area (Å²) < 4.78 is 18.3. The van der Waals surface area contributed by atoms with Gasteiger partial charge in [-0.05, 0) is 17.7 Å². The summed E-state index contributed by atoms with van der Waals surface area (Å²) in [6.45, 7) is 0.546. The molecular weight excluding hydrogens is 211 g/mol. The molecule has 5 heteroatoms. The van der Waals surface area contributed by atoms with Gasteiger partial charge in [0, 0.05) is 13.6 Å². The average Bonchev–Trinajstić information content (AvgIpc) is 2.59. The summed E-state index contributed by atoms with van der Waals surface area (Å²) in [5.74, 6) is -0.203. The molecule has 2 amide bonds. The van der Waals surface area contributed by atoms with Crippen molar-refractivity contribution in [1.29, 1.82) is 0 Å². The summed E-state index contributed by atoms with van der Waals surface area (Å²) in [7, 11) is 3.12. The smallest absolute Gasteiger partial charge is 0.317 e. The lowest BCUT2D eigenvalue weighted by Crippen LogP contribution is -2.23. The van der Waals surface area contributed by atoms with Crippen LogP contribution in [-0.4, -0.2) is 31.6 Å². The second-order valence-corrected chi connectivity index (χ2v) is 3.78. The maximum atomic E-state index is 13.4. The summed E-state index contributed by atoms with van der Waals surface area (Å²) in [6.07, 6.45) is 0. The van der Waals surface area contributed by atoms with Gasteiger partial charge in [-0.15, -0.1) is 0 Å². The lowest BCUT2D eigenvalue weighted by atomic mass is 10.1. The number of nitrogens with one attached hydrogen (secondary N) is 1. The van der Waals surface area contributed by atoms with E-state index < -0.39 is 5.82 Å². The molecule has 2 rings (SSSR count). The third-order valence-corrected chi connectivity index (χ3v) is 2.68. The number of halogens is 1. The molecule has 1 N–H and O–H groups in total. The van der Waals surface area contributed by atoms with Gasteiger partial charge in [-0.1, -0.05) is 6.07 Å². The fourth-order valence-corrected chi connectivity index (χ4v) is 1.75. The van der Waals surface area contributed by atoms with Gasteiger partial charge in [0.2, 0.25) is 0 Å². The molecule has 16 heavy (non-hydrogen) atoms. The van der Waals surface area contributed by atoms with Crippen molar-refractivity contribution in [2.45, 2.75) is 6.04 Å². The number of carbonyl (C=O) groups excluding carboxylic acids is 1. The average molecular weight is 224 g/mol. The number of benzene rings is 1. The van der Waals surface area contributed by atoms with Crippen molar-refractivity contribution in [1.82, 2.24) is 10.2 Å². The van der Waals surface area contributed by atoms with E-state index in [-0.39, 0.29) is 17.8 Å². The van der Waals surface area contributed by atoms with Gasteiger partial charge in [0.25, 0.3) is 0 Å². The molecule has 1 saturated heterocycles. The largest absolute Gasteiger partial charge is 0.494 e. The van der Waals surface area contributed by atoms with Crippen LogP contribution < -0.4 is 10.1 Å². The number of methoxy groups -OCH3 is 1. The molecule has 1 aromatic rings. The van der Waals surface area contributed by atoms with E-state index in [1.165, 1.54) is 13.2 Å². The second kappa shape index (κ2) is 4.00. The van der Waals surface area contributed by atoms with E-state index in [0.29, 0.717) is 6.54 Å². The summed E-state index contributed by atoms with van der Waals surface area (Å²) in [6, 6.07) is 4.42. The van der Waals surface area contributed by atoms with Crippen molar-refractivity contribution in [3.05, 3.63) is 29.6 Å². The number of nitrogens with zero attached hydrogens (tertiary/aromatic N) is 1. The molecule has 1 aliphatic rings. The molecule has 1 aromatic carbocycles. The third kappa shape index (κ3) is 1.80. The van der Waals surface area contributed by atoms with Crippen LogP contribution in [0.2, 0.25) is 0 Å². The highest BCUT2D eigenvalue weighted by Crippen LogP contribution is 2.24. The molecule has 1 heterocycles. The first-order valence-corrected chi connectivity index (χ1v) is 4.97. The van der Waals surface area contributed by atoms with Crippen LogP contribution in [-0.2, 0) is 0 Å². The van der Waals surface area contributed by atoms with Crippen LogP contribution in [0.1, 0.15) is 11.6 Å². The maximum Gasteiger partial charge on any atom is 0.317 e. The van der Waals surface area contributed by atoms with Crippen LogP contribution in [0.15, 0.2) is 18.2 Å². The third-order valence-electron chi connectivity index (χ3n) is 2.68. The molecule has 0 saturated carbocycles. The molecule has 1 unspecified atom stereocenters. The quantitative estimate of drug-likeness (QED) is 0.827. The number of likely N-dealkylation sites (N-methyl/N-ethyl adjacent to an activating group) is 1. The predicted molar refractivity (Wildman–Crippen MR) is 56.9 cm³/mol. The van der Waals surface area contributed by atoms with E-state index in [4.69, 9.17) is 4.74 Å². The van der Waals surface area contributed by atoms with Crippen LogP contribution >= 0.6 is 0 Å². The van der Waals surface area contributed by atoms with E-state index >= 15 is 0 Å². The number of carbonyl (C=O) groups is 1. The maximum absolute atomic E-state index is 13.4. The zero-order chi connectivity index (χ0) is 11.7. The highest BCUT2D eigenvalue weighted by Gasteiger charge is 2.27. The summed E-state index contributed by atoms with van der Waals surface area (Å²) in [4.78, 5) is 12.8. The molecular formula is C11H13FN2O2. The number of urea groups is 1. The molecule has 0 radical (unpaired) electrons. The fraction of sp³-hybridized carbons (Fsp3) is 0.364. The zero-order valence-electron chi connectivity index (χ0n) is 9.16. The first-order valence-electron chi connectivity index (χ1n) is 4.97. The summed E-state index contributed by atoms with van der Waals surface area (Å²) in [5.41, 5.74) is 0.746. The van der Waals surface area contributed by atoms with Crippen LogP contribution in [0, 0.1) is 5.82 Å². The van der Waals surface area contributed by atoms with E-state index in [0.717, 1.165) is 5.56 Å². The molecule has 0 bridgehead atoms. The Morgan fingerprint density at radius 1 is 1.56 bits per heavy atom. The molecule has 0 aliphatic carbocycles. The Hall–Kier alpha value is -1.78. The van der Waals surface area contributed by atoms with Gasteiger partial charge in [0.1, 0.15) is 0 Å². The molecule has 1 aliphatic heterocycles. The van der Waals surface area contributed by atoms with Crippen molar-refractivity contribution in [3.8, 4) is 5.75 Å². The second-order valence-electron chi connectivity index (χ2n) is 3.78. The Morgan fingerprint density at radius 2 is 2.31 bits per heavy atom. The number of amides is 2. The molecule has 0 spiro atoms. The van der Waals surface area contributed by atoms with Crippen LogP contribution in [0.25, 0.3) is 0 Å². The van der Waals surface area contributed by atoms with E-state index in [1.54, 1.807) is 24.1 Å². The van der Waals surface area contributed by atoms with Gasteiger partial charge in [-0.2, -0.15) is 0 Å². The SMILES string of the molecule is COc1ccc(C2CN(C)C(=O)N2)cc1F. The minimum Gasteiger partial charge on any atom is -0.494 e. The first kappa shape index (κ1) is 10.7. The Morgan fingerprint density at radius 3 is 2.81 bits per heavy atom. The van der Waals surface area contributed by atoms with Crippen molar-refractivity contribution in [3.63, 3.8) is 0 Å². The number of rotatable bonds is 2. The number of hydrogen-bond donors (Lipinski definition) is 1. The number of hydrogen-bond acceptors (Lipinski definition) is 2. The Kier molecular flexibility index (Phi) is 2.68. The highest BCUT2D eigenvalue weighted by molar-refractivity contribution is 5.76. The van der Waals surface area contributed by atoms with Crippen molar-refractivity contribution in [2.24, 2.45) is 0 Å². The molecule has 1 atom stereocenters. The van der Waals surface area contributed by atoms with Gasteiger partial charge in [-0.3, -0.25) is 0 Å². The molecule has 4 nitrogen and oxygen atoms in total. The zero-order valence-corrected chi connectivity index (χ0v) is 9.16. The topological polar surface area (TPSA) is 41.6 Å².